The van der Waals surface area contributed by atoms with Crippen LogP contribution in [0.25, 0.3) is 0 Å². The van der Waals surface area contributed by atoms with Crippen molar-refractivity contribution in [1.82, 2.24) is 9.97 Å². The normalized spacial score (nSPS) is 16.2. The predicted molar refractivity (Wildman–Crippen MR) is 57.4 cm³/mol. The number of carbonyl (C=O) groups is 1. The molecule has 1 heterocycles. The lowest BCUT2D eigenvalue weighted by molar-refractivity contribution is -0.156. The summed E-state index contributed by atoms with van der Waals surface area (Å²) in [6.45, 7) is 3.36. The van der Waals surface area contributed by atoms with Gasteiger partial charge in [0, 0.05) is 12.4 Å². The quantitative estimate of drug-likeness (QED) is 0.769. The van der Waals surface area contributed by atoms with Crippen LogP contribution in [0.15, 0.2) is 18.6 Å². The fourth-order valence-electron chi connectivity index (χ4n) is 1.67. The van der Waals surface area contributed by atoms with Gasteiger partial charge in [-0.05, 0) is 13.3 Å². The third-order valence-electron chi connectivity index (χ3n) is 2.65. The number of rotatable bonds is 4. The number of aliphatic hydroxyl groups is 1. The monoisotopic (exact) mass is 224 g/mol. The summed E-state index contributed by atoms with van der Waals surface area (Å²) in [5.74, 6) is -1.09. The van der Waals surface area contributed by atoms with Crippen LogP contribution >= 0.6 is 0 Å². The summed E-state index contributed by atoms with van der Waals surface area (Å²) in [6.07, 6.45) is 4.91. The summed E-state index contributed by atoms with van der Waals surface area (Å²) in [7, 11) is 1.30. The predicted octanol–water partition coefficient (Wildman–Crippen LogP) is 0.883. The number of esters is 1. The van der Waals surface area contributed by atoms with Gasteiger partial charge in [0.1, 0.15) is 5.60 Å². The molecule has 1 aromatic rings. The molecular formula is C11H16N2O3. The molecule has 1 rings (SSSR count). The Bertz CT molecular complexity index is 352. The van der Waals surface area contributed by atoms with Crippen molar-refractivity contribution in [3.05, 3.63) is 24.3 Å². The SMILES string of the molecule is CCC(C(=O)OC)C(C)(O)c1cnccn1. The van der Waals surface area contributed by atoms with Gasteiger partial charge in [-0.15, -0.1) is 0 Å². The Morgan fingerprint density at radius 3 is 2.75 bits per heavy atom. The highest BCUT2D eigenvalue weighted by Gasteiger charge is 2.39. The van der Waals surface area contributed by atoms with E-state index in [2.05, 4.69) is 14.7 Å². The number of hydrogen-bond acceptors (Lipinski definition) is 5. The zero-order chi connectivity index (χ0) is 12.2. The fraction of sp³-hybridized carbons (Fsp3) is 0.545. The third-order valence-corrected chi connectivity index (χ3v) is 2.65. The van der Waals surface area contributed by atoms with Crippen molar-refractivity contribution >= 4 is 5.97 Å². The standard InChI is InChI=1S/C11H16N2O3/c1-4-8(10(14)16-3)11(2,15)9-7-12-5-6-13-9/h5-8,15H,4H2,1-3H3. The highest BCUT2D eigenvalue weighted by Crippen LogP contribution is 2.30. The molecule has 88 valence electrons. The fourth-order valence-corrected chi connectivity index (χ4v) is 1.67. The summed E-state index contributed by atoms with van der Waals surface area (Å²) in [5.41, 5.74) is -0.997. The van der Waals surface area contributed by atoms with E-state index in [1.54, 1.807) is 6.92 Å². The lowest BCUT2D eigenvalue weighted by atomic mass is 9.84. The van der Waals surface area contributed by atoms with E-state index in [1.807, 2.05) is 6.92 Å². The molecule has 0 spiro atoms. The van der Waals surface area contributed by atoms with Crippen molar-refractivity contribution in [2.45, 2.75) is 25.9 Å². The maximum atomic E-state index is 11.5. The summed E-state index contributed by atoms with van der Waals surface area (Å²) in [4.78, 5) is 19.4. The van der Waals surface area contributed by atoms with E-state index in [1.165, 1.54) is 25.7 Å². The van der Waals surface area contributed by atoms with Crippen LogP contribution in [0.2, 0.25) is 0 Å². The molecule has 5 nitrogen and oxygen atoms in total. The first-order chi connectivity index (χ1) is 7.54. The largest absolute Gasteiger partial charge is 0.469 e. The molecule has 5 heteroatoms. The number of ether oxygens (including phenoxy) is 1. The zero-order valence-corrected chi connectivity index (χ0v) is 9.67. The highest BCUT2D eigenvalue weighted by molar-refractivity contribution is 5.73. The average Bonchev–Trinajstić information content (AvgIpc) is 2.30. The van der Waals surface area contributed by atoms with Crippen molar-refractivity contribution in [3.63, 3.8) is 0 Å². The van der Waals surface area contributed by atoms with Gasteiger partial charge in [-0.25, -0.2) is 0 Å². The molecule has 1 N–H and O–H groups in total. The van der Waals surface area contributed by atoms with Crippen molar-refractivity contribution in [1.29, 1.82) is 0 Å². The van der Waals surface area contributed by atoms with Gasteiger partial charge < -0.3 is 9.84 Å². The smallest absolute Gasteiger partial charge is 0.311 e. The molecule has 2 atom stereocenters. The molecule has 0 bridgehead atoms. The van der Waals surface area contributed by atoms with Crippen LogP contribution < -0.4 is 0 Å². The summed E-state index contributed by atoms with van der Waals surface area (Å²) in [6, 6.07) is 0. The lowest BCUT2D eigenvalue weighted by Gasteiger charge is -2.29. The average molecular weight is 224 g/mol. The number of carbonyl (C=O) groups excluding carboxylic acids is 1. The van der Waals surface area contributed by atoms with Gasteiger partial charge in [-0.2, -0.15) is 0 Å². The van der Waals surface area contributed by atoms with E-state index >= 15 is 0 Å². The minimum atomic E-state index is -1.36. The lowest BCUT2D eigenvalue weighted by Crippen LogP contribution is -2.38. The maximum absolute atomic E-state index is 11.5. The topological polar surface area (TPSA) is 72.3 Å². The van der Waals surface area contributed by atoms with Gasteiger partial charge in [0.05, 0.1) is 24.9 Å². The molecule has 0 radical (unpaired) electrons. The molecule has 2 unspecified atom stereocenters. The molecule has 0 aliphatic heterocycles. The van der Waals surface area contributed by atoms with E-state index < -0.39 is 17.5 Å². The Labute approximate surface area is 94.5 Å². The first kappa shape index (κ1) is 12.6. The van der Waals surface area contributed by atoms with E-state index in [9.17, 15) is 9.90 Å². The van der Waals surface area contributed by atoms with Crippen molar-refractivity contribution in [2.24, 2.45) is 5.92 Å². The molecule has 0 saturated heterocycles. The van der Waals surface area contributed by atoms with E-state index in [-0.39, 0.29) is 0 Å². The number of hydrogen-bond donors (Lipinski definition) is 1. The molecule has 0 aromatic carbocycles. The highest BCUT2D eigenvalue weighted by atomic mass is 16.5. The van der Waals surface area contributed by atoms with Gasteiger partial charge in [0.15, 0.2) is 0 Å². The summed E-state index contributed by atoms with van der Waals surface area (Å²) < 4.78 is 4.66. The van der Waals surface area contributed by atoms with Crippen LogP contribution in [0, 0.1) is 5.92 Å². The second kappa shape index (κ2) is 5.03. The molecule has 0 fully saturated rings. The van der Waals surface area contributed by atoms with Crippen LogP contribution in [0.3, 0.4) is 0 Å². The van der Waals surface area contributed by atoms with Gasteiger partial charge in [0.25, 0.3) is 0 Å². The summed E-state index contributed by atoms with van der Waals surface area (Å²) in [5, 5.41) is 10.3. The second-order valence-electron chi connectivity index (χ2n) is 3.72. The Kier molecular flexibility index (Phi) is 3.95. The maximum Gasteiger partial charge on any atom is 0.311 e. The number of methoxy groups -OCH3 is 1. The van der Waals surface area contributed by atoms with Crippen molar-refractivity contribution < 1.29 is 14.6 Å². The third kappa shape index (κ3) is 2.36. The molecule has 16 heavy (non-hydrogen) atoms. The van der Waals surface area contributed by atoms with Gasteiger partial charge in [-0.3, -0.25) is 14.8 Å². The number of nitrogens with zero attached hydrogens (tertiary/aromatic N) is 2. The van der Waals surface area contributed by atoms with Crippen LogP contribution in [-0.4, -0.2) is 28.2 Å². The van der Waals surface area contributed by atoms with Gasteiger partial charge >= 0.3 is 5.97 Å². The Hall–Kier alpha value is -1.49. The van der Waals surface area contributed by atoms with E-state index in [0.717, 1.165) is 0 Å². The number of aromatic nitrogens is 2. The Morgan fingerprint density at radius 1 is 1.62 bits per heavy atom. The van der Waals surface area contributed by atoms with Crippen LogP contribution in [0.4, 0.5) is 0 Å². The first-order valence-corrected chi connectivity index (χ1v) is 5.10. The van der Waals surface area contributed by atoms with Crippen LogP contribution in [0.5, 0.6) is 0 Å². The molecule has 0 amide bonds. The molecule has 0 aliphatic carbocycles. The first-order valence-electron chi connectivity index (χ1n) is 5.10. The zero-order valence-electron chi connectivity index (χ0n) is 9.67. The van der Waals surface area contributed by atoms with Crippen LogP contribution in [0.1, 0.15) is 26.0 Å². The van der Waals surface area contributed by atoms with E-state index in [4.69, 9.17) is 0 Å². The van der Waals surface area contributed by atoms with Crippen LogP contribution in [-0.2, 0) is 15.1 Å². The molecule has 1 aromatic heterocycles. The second-order valence-corrected chi connectivity index (χ2v) is 3.72. The van der Waals surface area contributed by atoms with E-state index in [0.29, 0.717) is 12.1 Å². The molecule has 0 saturated carbocycles. The Morgan fingerprint density at radius 2 is 2.31 bits per heavy atom. The minimum absolute atomic E-state index is 0.368. The van der Waals surface area contributed by atoms with Gasteiger partial charge in [-0.1, -0.05) is 6.92 Å². The Balaban J connectivity index is 3.04. The van der Waals surface area contributed by atoms with Crippen molar-refractivity contribution in [3.8, 4) is 0 Å². The minimum Gasteiger partial charge on any atom is -0.469 e. The molecular weight excluding hydrogens is 208 g/mol. The van der Waals surface area contributed by atoms with Gasteiger partial charge in [0.2, 0.25) is 0 Å². The molecule has 0 aliphatic rings. The van der Waals surface area contributed by atoms with Crippen molar-refractivity contribution in [2.75, 3.05) is 7.11 Å². The summed E-state index contributed by atoms with van der Waals surface area (Å²) >= 11 is 0.